The second-order valence-corrected chi connectivity index (χ2v) is 5.66. The van der Waals surface area contributed by atoms with Gasteiger partial charge in [-0.05, 0) is 37.6 Å². The molecular weight excluding hydrogens is 274 g/mol. The Morgan fingerprint density at radius 3 is 2.85 bits per heavy atom. The number of hydrogen-bond acceptors (Lipinski definition) is 5. The molecule has 0 spiro atoms. The molecule has 1 amide bonds. The Hall–Kier alpha value is -1.95. The fourth-order valence-electron chi connectivity index (χ4n) is 1.63. The number of carbonyl (C=O) groups excluding carboxylic acids is 1. The van der Waals surface area contributed by atoms with Crippen molar-refractivity contribution in [2.45, 2.75) is 25.2 Å². The molecule has 1 aromatic carbocycles. The number of anilines is 2. The number of hydrogen-bond donors (Lipinski definition) is 2. The topological polar surface area (TPSA) is 81.2 Å². The molecule has 0 atom stereocenters. The monoisotopic (exact) mass is 291 g/mol. The van der Waals surface area contributed by atoms with Crippen molar-refractivity contribution in [2.24, 2.45) is 0 Å². The number of carbonyl (C=O) groups is 1. The lowest BCUT2D eigenvalue weighted by atomic mass is 10.2. The predicted molar refractivity (Wildman–Crippen MR) is 80.8 cm³/mol. The third-order valence-electron chi connectivity index (χ3n) is 2.73. The van der Waals surface area contributed by atoms with Gasteiger partial charge < -0.3 is 15.6 Å². The highest BCUT2D eigenvalue weighted by atomic mass is 32.2. The molecule has 0 aliphatic heterocycles. The second-order valence-electron chi connectivity index (χ2n) is 4.49. The van der Waals surface area contributed by atoms with Gasteiger partial charge in [0, 0.05) is 28.8 Å². The van der Waals surface area contributed by atoms with E-state index in [2.05, 4.69) is 10.5 Å². The van der Waals surface area contributed by atoms with Crippen LogP contribution < -0.4 is 11.1 Å². The number of nitrogen functional groups attached to an aromatic ring is 1. The Kier molecular flexibility index (Phi) is 4.68. The van der Waals surface area contributed by atoms with Crippen molar-refractivity contribution in [1.82, 2.24) is 5.16 Å². The molecule has 0 unspecified atom stereocenters. The molecule has 0 saturated heterocycles. The van der Waals surface area contributed by atoms with Gasteiger partial charge in [-0.25, -0.2) is 0 Å². The highest BCUT2D eigenvalue weighted by molar-refractivity contribution is 7.99. The van der Waals surface area contributed by atoms with E-state index in [9.17, 15) is 4.79 Å². The number of benzene rings is 1. The Bertz CT molecular complexity index is 610. The van der Waals surface area contributed by atoms with Gasteiger partial charge >= 0.3 is 0 Å². The van der Waals surface area contributed by atoms with E-state index < -0.39 is 0 Å². The van der Waals surface area contributed by atoms with Crippen LogP contribution in [0.3, 0.4) is 0 Å². The lowest BCUT2D eigenvalue weighted by molar-refractivity contribution is -0.115. The molecule has 0 aliphatic carbocycles. The number of aryl methyl sites for hydroxylation is 2. The Morgan fingerprint density at radius 1 is 1.40 bits per heavy atom. The minimum atomic E-state index is -0.0713. The number of amides is 1. The van der Waals surface area contributed by atoms with Crippen LogP contribution in [-0.2, 0) is 4.79 Å². The molecule has 106 valence electrons. The van der Waals surface area contributed by atoms with Crippen molar-refractivity contribution in [3.8, 4) is 0 Å². The zero-order chi connectivity index (χ0) is 14.5. The zero-order valence-electron chi connectivity index (χ0n) is 11.5. The smallest absolute Gasteiger partial charge is 0.226 e. The Balaban J connectivity index is 1.77. The molecule has 0 radical (unpaired) electrons. The van der Waals surface area contributed by atoms with Crippen molar-refractivity contribution >= 4 is 29.2 Å². The normalized spacial score (nSPS) is 10.5. The number of nitrogens with one attached hydrogen (secondary N) is 1. The van der Waals surface area contributed by atoms with E-state index in [1.807, 2.05) is 25.1 Å². The van der Waals surface area contributed by atoms with Crippen molar-refractivity contribution in [1.29, 1.82) is 0 Å². The third-order valence-corrected chi connectivity index (χ3v) is 3.73. The molecule has 2 aromatic rings. The van der Waals surface area contributed by atoms with E-state index in [0.717, 1.165) is 16.1 Å². The summed E-state index contributed by atoms with van der Waals surface area (Å²) in [7, 11) is 0. The highest BCUT2D eigenvalue weighted by Gasteiger charge is 2.06. The van der Waals surface area contributed by atoms with Crippen LogP contribution in [0.1, 0.15) is 17.7 Å². The van der Waals surface area contributed by atoms with Crippen LogP contribution in [0.2, 0.25) is 0 Å². The molecule has 1 heterocycles. The molecule has 0 fully saturated rings. The maximum absolute atomic E-state index is 11.7. The molecule has 6 heteroatoms. The largest absolute Gasteiger partial charge is 0.399 e. The van der Waals surface area contributed by atoms with E-state index >= 15 is 0 Å². The predicted octanol–water partition coefficient (Wildman–Crippen LogP) is 2.99. The van der Waals surface area contributed by atoms with E-state index in [-0.39, 0.29) is 5.91 Å². The Labute approximate surface area is 121 Å². The van der Waals surface area contributed by atoms with E-state index in [4.69, 9.17) is 10.3 Å². The van der Waals surface area contributed by atoms with Crippen LogP contribution in [-0.4, -0.2) is 16.8 Å². The summed E-state index contributed by atoms with van der Waals surface area (Å²) in [4.78, 5) is 12.8. The summed E-state index contributed by atoms with van der Waals surface area (Å²) in [5.41, 5.74) is 7.60. The zero-order valence-corrected chi connectivity index (χ0v) is 12.3. The summed E-state index contributed by atoms with van der Waals surface area (Å²) < 4.78 is 4.88. The number of thioether (sulfide) groups is 1. The number of aromatic nitrogens is 1. The fourth-order valence-corrected chi connectivity index (χ4v) is 2.58. The summed E-state index contributed by atoms with van der Waals surface area (Å²) in [6.07, 6.45) is 0.417. The lowest BCUT2D eigenvalue weighted by Crippen LogP contribution is -2.12. The first-order valence-electron chi connectivity index (χ1n) is 6.26. The van der Waals surface area contributed by atoms with Crippen LogP contribution in [0.5, 0.6) is 0 Å². The SMILES string of the molecule is Cc1cc(NC(=O)CCSc2ccc(N)c(C)c2)no1. The van der Waals surface area contributed by atoms with Crippen molar-refractivity contribution in [2.75, 3.05) is 16.8 Å². The number of rotatable bonds is 5. The van der Waals surface area contributed by atoms with Gasteiger partial charge in [0.25, 0.3) is 0 Å². The lowest BCUT2D eigenvalue weighted by Gasteiger charge is -2.05. The van der Waals surface area contributed by atoms with Gasteiger partial charge in [0.1, 0.15) is 5.76 Å². The van der Waals surface area contributed by atoms with Crippen molar-refractivity contribution in [3.05, 3.63) is 35.6 Å². The van der Waals surface area contributed by atoms with Gasteiger partial charge in [-0.15, -0.1) is 11.8 Å². The first-order chi connectivity index (χ1) is 9.54. The number of nitrogens with zero attached hydrogens (tertiary/aromatic N) is 1. The molecule has 5 nitrogen and oxygen atoms in total. The summed E-state index contributed by atoms with van der Waals surface area (Å²) in [5, 5.41) is 6.41. The highest BCUT2D eigenvalue weighted by Crippen LogP contribution is 2.23. The maximum Gasteiger partial charge on any atom is 0.226 e. The quantitative estimate of drug-likeness (QED) is 0.654. The maximum atomic E-state index is 11.7. The summed E-state index contributed by atoms with van der Waals surface area (Å²) in [5.74, 6) is 1.76. The minimum absolute atomic E-state index is 0.0713. The van der Waals surface area contributed by atoms with Crippen LogP contribution in [0.25, 0.3) is 0 Å². The van der Waals surface area contributed by atoms with E-state index in [1.54, 1.807) is 24.8 Å². The average Bonchev–Trinajstić information content (AvgIpc) is 2.79. The van der Waals surface area contributed by atoms with Crippen molar-refractivity contribution in [3.63, 3.8) is 0 Å². The van der Waals surface area contributed by atoms with Crippen LogP contribution >= 0.6 is 11.8 Å². The molecule has 0 aliphatic rings. The van der Waals surface area contributed by atoms with Crippen LogP contribution in [0, 0.1) is 13.8 Å². The fraction of sp³-hybridized carbons (Fsp3) is 0.286. The molecule has 0 saturated carbocycles. The molecular formula is C14H17N3O2S. The summed E-state index contributed by atoms with van der Waals surface area (Å²) in [6, 6.07) is 7.56. The third kappa shape index (κ3) is 4.03. The van der Waals surface area contributed by atoms with Gasteiger partial charge in [-0.3, -0.25) is 4.79 Å². The van der Waals surface area contributed by atoms with Crippen LogP contribution in [0.4, 0.5) is 11.5 Å². The average molecular weight is 291 g/mol. The van der Waals surface area contributed by atoms with E-state index in [1.165, 1.54) is 0 Å². The van der Waals surface area contributed by atoms with Crippen molar-refractivity contribution < 1.29 is 9.32 Å². The molecule has 20 heavy (non-hydrogen) atoms. The van der Waals surface area contributed by atoms with Gasteiger partial charge in [-0.1, -0.05) is 5.16 Å². The van der Waals surface area contributed by atoms with Gasteiger partial charge in [0.2, 0.25) is 5.91 Å². The molecule has 3 N–H and O–H groups in total. The molecule has 2 rings (SSSR count). The first kappa shape index (κ1) is 14.5. The van der Waals surface area contributed by atoms with E-state index in [0.29, 0.717) is 23.8 Å². The number of nitrogens with two attached hydrogens (primary N) is 1. The minimum Gasteiger partial charge on any atom is -0.399 e. The standard InChI is InChI=1S/C14H17N3O2S/c1-9-7-11(3-4-12(9)15)20-6-5-14(18)16-13-8-10(2)19-17-13/h3-4,7-8H,5-6,15H2,1-2H3,(H,16,17,18). The van der Waals surface area contributed by atoms with Gasteiger partial charge in [0.05, 0.1) is 0 Å². The Morgan fingerprint density at radius 2 is 2.20 bits per heavy atom. The second kappa shape index (κ2) is 6.47. The molecule has 0 bridgehead atoms. The first-order valence-corrected chi connectivity index (χ1v) is 7.25. The van der Waals surface area contributed by atoms with Gasteiger partial charge in [-0.2, -0.15) is 0 Å². The summed E-state index contributed by atoms with van der Waals surface area (Å²) >= 11 is 1.63. The summed E-state index contributed by atoms with van der Waals surface area (Å²) in [6.45, 7) is 3.75. The van der Waals surface area contributed by atoms with Gasteiger partial charge in [0.15, 0.2) is 5.82 Å². The molecule has 1 aromatic heterocycles. The van der Waals surface area contributed by atoms with Crippen LogP contribution in [0.15, 0.2) is 33.7 Å².